The molecule has 2 N–H and O–H groups in total. The van der Waals surface area contributed by atoms with Gasteiger partial charge < -0.3 is 5.73 Å². The lowest BCUT2D eigenvalue weighted by molar-refractivity contribution is 0.444. The van der Waals surface area contributed by atoms with Gasteiger partial charge in [0, 0.05) is 18.4 Å². The van der Waals surface area contributed by atoms with Gasteiger partial charge in [0.2, 0.25) is 0 Å². The zero-order valence-electron chi connectivity index (χ0n) is 7.82. The maximum atomic E-state index is 6.16. The molecule has 1 aliphatic carbocycles. The molecule has 2 rings (SSSR count). The first-order valence-corrected chi connectivity index (χ1v) is 5.03. The lowest BCUT2D eigenvalue weighted by atomic mass is 9.94. The van der Waals surface area contributed by atoms with Crippen molar-refractivity contribution < 1.29 is 0 Å². The van der Waals surface area contributed by atoms with Crippen molar-refractivity contribution in [2.45, 2.75) is 31.7 Å². The summed E-state index contributed by atoms with van der Waals surface area (Å²) < 4.78 is 0. The van der Waals surface area contributed by atoms with Crippen LogP contribution in [-0.2, 0) is 0 Å². The van der Waals surface area contributed by atoms with E-state index in [0.717, 1.165) is 0 Å². The molecule has 1 unspecified atom stereocenters. The van der Waals surface area contributed by atoms with E-state index in [0.29, 0.717) is 5.92 Å². The Bertz CT molecular complexity index is 252. The smallest absolute Gasteiger partial charge is 0.0338 e. The predicted molar refractivity (Wildman–Crippen MR) is 53.1 cm³/mol. The summed E-state index contributed by atoms with van der Waals surface area (Å²) in [6, 6.07) is 4.25. The molecular weight excluding hydrogens is 160 g/mol. The number of hydrogen-bond donors (Lipinski definition) is 1. The zero-order valence-corrected chi connectivity index (χ0v) is 7.82. The number of nitrogens with zero attached hydrogens (tertiary/aromatic N) is 1. The van der Waals surface area contributed by atoms with E-state index < -0.39 is 0 Å². The molecule has 1 fully saturated rings. The second-order valence-electron chi connectivity index (χ2n) is 3.86. The first-order chi connectivity index (χ1) is 6.38. The molecule has 2 nitrogen and oxygen atoms in total. The van der Waals surface area contributed by atoms with Gasteiger partial charge in [-0.15, -0.1) is 0 Å². The summed E-state index contributed by atoms with van der Waals surface area (Å²) in [5.41, 5.74) is 7.35. The van der Waals surface area contributed by atoms with Gasteiger partial charge in [-0.3, -0.25) is 4.98 Å². The van der Waals surface area contributed by atoms with Gasteiger partial charge in [0.1, 0.15) is 0 Å². The molecule has 1 aromatic rings. The summed E-state index contributed by atoms with van der Waals surface area (Å²) in [5.74, 6) is 0.684. The number of hydrogen-bond acceptors (Lipinski definition) is 2. The third-order valence-corrected chi connectivity index (χ3v) is 2.98. The molecule has 1 aliphatic rings. The van der Waals surface area contributed by atoms with Crippen molar-refractivity contribution in [3.8, 4) is 0 Å². The SMILES string of the molecule is NC(c1cccnc1)C1CCCC1. The van der Waals surface area contributed by atoms with Gasteiger partial charge in [-0.2, -0.15) is 0 Å². The fourth-order valence-corrected chi connectivity index (χ4v) is 2.16. The van der Waals surface area contributed by atoms with Crippen LogP contribution in [0.4, 0.5) is 0 Å². The van der Waals surface area contributed by atoms with Crippen molar-refractivity contribution >= 4 is 0 Å². The molecule has 2 heteroatoms. The van der Waals surface area contributed by atoms with Gasteiger partial charge in [0.05, 0.1) is 0 Å². The fraction of sp³-hybridized carbons (Fsp3) is 0.545. The Morgan fingerprint density at radius 1 is 1.38 bits per heavy atom. The topological polar surface area (TPSA) is 38.9 Å². The minimum absolute atomic E-state index is 0.205. The Morgan fingerprint density at radius 2 is 2.15 bits per heavy atom. The van der Waals surface area contributed by atoms with Crippen molar-refractivity contribution in [3.05, 3.63) is 30.1 Å². The van der Waals surface area contributed by atoms with Gasteiger partial charge >= 0.3 is 0 Å². The lowest BCUT2D eigenvalue weighted by Crippen LogP contribution is -2.19. The van der Waals surface area contributed by atoms with Crippen LogP contribution in [0.3, 0.4) is 0 Å². The van der Waals surface area contributed by atoms with E-state index in [1.165, 1.54) is 31.2 Å². The highest BCUT2D eigenvalue weighted by Gasteiger charge is 2.22. The Morgan fingerprint density at radius 3 is 2.77 bits per heavy atom. The summed E-state index contributed by atoms with van der Waals surface area (Å²) in [6.45, 7) is 0. The molecule has 0 amide bonds. The van der Waals surface area contributed by atoms with E-state index >= 15 is 0 Å². The quantitative estimate of drug-likeness (QED) is 0.750. The number of pyridine rings is 1. The lowest BCUT2D eigenvalue weighted by Gasteiger charge is -2.18. The van der Waals surface area contributed by atoms with E-state index in [1.54, 1.807) is 6.20 Å². The normalized spacial score (nSPS) is 20.4. The minimum atomic E-state index is 0.205. The van der Waals surface area contributed by atoms with Gasteiger partial charge in [-0.05, 0) is 30.4 Å². The highest BCUT2D eigenvalue weighted by molar-refractivity contribution is 5.14. The number of rotatable bonds is 2. The van der Waals surface area contributed by atoms with Crippen LogP contribution >= 0.6 is 0 Å². The highest BCUT2D eigenvalue weighted by atomic mass is 14.7. The van der Waals surface area contributed by atoms with Crippen LogP contribution in [0.2, 0.25) is 0 Å². The summed E-state index contributed by atoms with van der Waals surface area (Å²) in [4.78, 5) is 4.10. The largest absolute Gasteiger partial charge is 0.324 e. The molecule has 1 atom stereocenters. The first kappa shape index (κ1) is 8.70. The van der Waals surface area contributed by atoms with Crippen LogP contribution in [0.25, 0.3) is 0 Å². The second kappa shape index (κ2) is 3.88. The maximum absolute atomic E-state index is 6.16. The summed E-state index contributed by atoms with van der Waals surface area (Å²) in [5, 5.41) is 0. The van der Waals surface area contributed by atoms with Crippen molar-refractivity contribution in [2.24, 2.45) is 11.7 Å². The third kappa shape index (κ3) is 1.89. The van der Waals surface area contributed by atoms with E-state index in [1.807, 2.05) is 12.3 Å². The van der Waals surface area contributed by atoms with Gasteiger partial charge in [0.25, 0.3) is 0 Å². The van der Waals surface area contributed by atoms with Gasteiger partial charge in [0.15, 0.2) is 0 Å². The Hall–Kier alpha value is -0.890. The van der Waals surface area contributed by atoms with Crippen LogP contribution in [0.5, 0.6) is 0 Å². The molecule has 1 heterocycles. The Balaban J connectivity index is 2.08. The monoisotopic (exact) mass is 176 g/mol. The van der Waals surface area contributed by atoms with Crippen molar-refractivity contribution in [1.82, 2.24) is 4.98 Å². The fourth-order valence-electron chi connectivity index (χ4n) is 2.16. The molecule has 0 saturated heterocycles. The van der Waals surface area contributed by atoms with Crippen LogP contribution in [-0.4, -0.2) is 4.98 Å². The van der Waals surface area contributed by atoms with E-state index in [4.69, 9.17) is 5.73 Å². The molecule has 1 aromatic heterocycles. The standard InChI is InChI=1S/C11H16N2/c12-11(9-4-1-2-5-9)10-6-3-7-13-8-10/h3,6-9,11H,1-2,4-5,12H2. The Labute approximate surface area is 79.2 Å². The third-order valence-electron chi connectivity index (χ3n) is 2.98. The molecule has 0 spiro atoms. The van der Waals surface area contributed by atoms with Crippen LogP contribution in [0.15, 0.2) is 24.5 Å². The Kier molecular flexibility index (Phi) is 2.60. The van der Waals surface area contributed by atoms with Crippen molar-refractivity contribution in [1.29, 1.82) is 0 Å². The van der Waals surface area contributed by atoms with Gasteiger partial charge in [-0.1, -0.05) is 18.9 Å². The molecule has 0 bridgehead atoms. The first-order valence-electron chi connectivity index (χ1n) is 5.03. The average Bonchev–Trinajstić information content (AvgIpc) is 2.71. The van der Waals surface area contributed by atoms with E-state index in [-0.39, 0.29) is 6.04 Å². The predicted octanol–water partition coefficient (Wildman–Crippen LogP) is 2.27. The molecule has 70 valence electrons. The van der Waals surface area contributed by atoms with Crippen LogP contribution < -0.4 is 5.73 Å². The molecule has 0 radical (unpaired) electrons. The summed E-state index contributed by atoms with van der Waals surface area (Å²) >= 11 is 0. The van der Waals surface area contributed by atoms with Crippen LogP contribution in [0, 0.1) is 5.92 Å². The molecule has 0 aromatic carbocycles. The van der Waals surface area contributed by atoms with Crippen LogP contribution in [0.1, 0.15) is 37.3 Å². The molecular formula is C11H16N2. The minimum Gasteiger partial charge on any atom is -0.324 e. The number of aromatic nitrogens is 1. The highest BCUT2D eigenvalue weighted by Crippen LogP contribution is 2.33. The van der Waals surface area contributed by atoms with Gasteiger partial charge in [-0.25, -0.2) is 0 Å². The summed E-state index contributed by atoms with van der Waals surface area (Å²) in [6.07, 6.45) is 8.96. The zero-order chi connectivity index (χ0) is 9.10. The van der Waals surface area contributed by atoms with Crippen molar-refractivity contribution in [3.63, 3.8) is 0 Å². The van der Waals surface area contributed by atoms with Crippen molar-refractivity contribution in [2.75, 3.05) is 0 Å². The molecule has 1 saturated carbocycles. The van der Waals surface area contributed by atoms with E-state index in [9.17, 15) is 0 Å². The summed E-state index contributed by atoms with van der Waals surface area (Å²) in [7, 11) is 0. The molecule has 0 aliphatic heterocycles. The average molecular weight is 176 g/mol. The van der Waals surface area contributed by atoms with E-state index in [2.05, 4.69) is 11.1 Å². The molecule has 13 heavy (non-hydrogen) atoms. The number of nitrogens with two attached hydrogens (primary N) is 1. The second-order valence-corrected chi connectivity index (χ2v) is 3.86. The maximum Gasteiger partial charge on any atom is 0.0338 e.